The average molecular weight is 264 g/mol. The number of halogens is 3. The molecule has 0 aromatic carbocycles. The minimum absolute atomic E-state index is 0.305. The molecule has 1 aliphatic rings. The van der Waals surface area contributed by atoms with Crippen LogP contribution < -0.4 is 0 Å². The smallest absolute Gasteiger partial charge is 0.425 e. The number of carboxylic acid groups (broad SMARTS) is 1. The third-order valence-corrected chi connectivity index (χ3v) is 4.52. The Morgan fingerprint density at radius 3 is 2.35 bits per heavy atom. The molecule has 0 unspecified atom stereocenters. The number of thiophene rings is 1. The van der Waals surface area contributed by atoms with Crippen molar-refractivity contribution in [2.75, 3.05) is 0 Å². The van der Waals surface area contributed by atoms with E-state index in [0.29, 0.717) is 16.2 Å². The van der Waals surface area contributed by atoms with E-state index >= 15 is 0 Å². The second-order valence-electron chi connectivity index (χ2n) is 4.81. The Kier molecular flexibility index (Phi) is 2.54. The van der Waals surface area contributed by atoms with E-state index in [2.05, 4.69) is 0 Å². The molecular weight excluding hydrogens is 253 g/mol. The van der Waals surface area contributed by atoms with Crippen molar-refractivity contribution in [3.63, 3.8) is 0 Å². The van der Waals surface area contributed by atoms with E-state index in [9.17, 15) is 18.0 Å². The molecule has 0 saturated heterocycles. The van der Waals surface area contributed by atoms with Gasteiger partial charge in [-0.25, -0.2) is 0 Å². The summed E-state index contributed by atoms with van der Waals surface area (Å²) in [5, 5.41) is 8.97. The van der Waals surface area contributed by atoms with Crippen LogP contribution in [0.5, 0.6) is 0 Å². The second-order valence-corrected chi connectivity index (χ2v) is 5.93. The Labute approximate surface area is 100 Å². The SMILES string of the molecule is CC1(C)[C@H](C(=O)O)[C@H]1c1ccc(C(F)(F)F)s1. The van der Waals surface area contributed by atoms with Gasteiger partial charge in [-0.1, -0.05) is 13.8 Å². The van der Waals surface area contributed by atoms with E-state index in [0.717, 1.165) is 6.07 Å². The van der Waals surface area contributed by atoms with Gasteiger partial charge in [0.25, 0.3) is 0 Å². The van der Waals surface area contributed by atoms with Gasteiger partial charge in [0.2, 0.25) is 0 Å². The third kappa shape index (κ3) is 1.94. The number of hydrogen-bond donors (Lipinski definition) is 1. The van der Waals surface area contributed by atoms with Crippen LogP contribution in [0.1, 0.15) is 29.5 Å². The van der Waals surface area contributed by atoms with E-state index in [1.807, 2.05) is 0 Å². The number of hydrogen-bond acceptors (Lipinski definition) is 2. The van der Waals surface area contributed by atoms with Gasteiger partial charge in [-0.05, 0) is 17.5 Å². The molecule has 1 aromatic rings. The highest BCUT2D eigenvalue weighted by molar-refractivity contribution is 7.12. The van der Waals surface area contributed by atoms with Gasteiger partial charge >= 0.3 is 12.1 Å². The molecule has 2 atom stereocenters. The van der Waals surface area contributed by atoms with Crippen LogP contribution in [0.15, 0.2) is 12.1 Å². The van der Waals surface area contributed by atoms with Crippen LogP contribution in [0.4, 0.5) is 13.2 Å². The molecule has 17 heavy (non-hydrogen) atoms. The molecule has 2 rings (SSSR count). The molecule has 0 bridgehead atoms. The molecule has 1 saturated carbocycles. The molecule has 6 heteroatoms. The van der Waals surface area contributed by atoms with Crippen molar-refractivity contribution >= 4 is 17.3 Å². The summed E-state index contributed by atoms with van der Waals surface area (Å²) < 4.78 is 37.3. The second kappa shape index (κ2) is 3.48. The lowest BCUT2D eigenvalue weighted by atomic mass is 10.1. The summed E-state index contributed by atoms with van der Waals surface area (Å²) in [5.74, 6) is -1.83. The highest BCUT2D eigenvalue weighted by Crippen LogP contribution is 2.65. The van der Waals surface area contributed by atoms with Crippen molar-refractivity contribution in [1.29, 1.82) is 0 Å². The molecule has 1 N–H and O–H groups in total. The number of carbonyl (C=O) groups is 1. The van der Waals surface area contributed by atoms with Crippen LogP contribution in [0.3, 0.4) is 0 Å². The predicted molar refractivity (Wildman–Crippen MR) is 57.0 cm³/mol. The standard InChI is InChI=1S/C11H11F3O2S/c1-10(2)7(8(10)9(15)16)5-3-4-6(17-5)11(12,13)14/h3-4,7-8H,1-2H3,(H,15,16)/t7-,8+/m1/s1. The van der Waals surface area contributed by atoms with Crippen molar-refractivity contribution in [3.8, 4) is 0 Å². The zero-order valence-electron chi connectivity index (χ0n) is 9.21. The first kappa shape index (κ1) is 12.4. The Bertz CT molecular complexity index is 462. The predicted octanol–water partition coefficient (Wildman–Crippen LogP) is 3.59. The van der Waals surface area contributed by atoms with Gasteiger partial charge in [0.05, 0.1) is 5.92 Å². The molecule has 94 valence electrons. The summed E-state index contributed by atoms with van der Waals surface area (Å²) >= 11 is 0.646. The van der Waals surface area contributed by atoms with E-state index < -0.39 is 28.4 Å². The molecule has 0 radical (unpaired) electrons. The van der Waals surface area contributed by atoms with Gasteiger partial charge in [0.1, 0.15) is 4.88 Å². The summed E-state index contributed by atoms with van der Waals surface area (Å²) in [6, 6.07) is 2.41. The van der Waals surface area contributed by atoms with E-state index in [1.165, 1.54) is 6.07 Å². The van der Waals surface area contributed by atoms with Gasteiger partial charge in [-0.2, -0.15) is 13.2 Å². The largest absolute Gasteiger partial charge is 0.481 e. The summed E-state index contributed by atoms with van der Waals surface area (Å²) in [6.45, 7) is 3.53. The molecule has 1 aromatic heterocycles. The fourth-order valence-corrected chi connectivity index (χ4v) is 3.51. The molecule has 1 fully saturated rings. The van der Waals surface area contributed by atoms with Crippen LogP contribution in [0.2, 0.25) is 0 Å². The first-order valence-electron chi connectivity index (χ1n) is 5.05. The Morgan fingerprint density at radius 2 is 2.00 bits per heavy atom. The van der Waals surface area contributed by atoms with Crippen molar-refractivity contribution < 1.29 is 23.1 Å². The van der Waals surface area contributed by atoms with Crippen LogP contribution in [-0.4, -0.2) is 11.1 Å². The fraction of sp³-hybridized carbons (Fsp3) is 0.545. The summed E-state index contributed by atoms with van der Waals surface area (Å²) in [6.07, 6.45) is -4.35. The van der Waals surface area contributed by atoms with E-state index in [4.69, 9.17) is 5.11 Å². The first-order valence-corrected chi connectivity index (χ1v) is 5.87. The molecule has 1 aliphatic carbocycles. The molecule has 1 heterocycles. The van der Waals surface area contributed by atoms with Crippen LogP contribution in [-0.2, 0) is 11.0 Å². The maximum absolute atomic E-state index is 12.4. The van der Waals surface area contributed by atoms with E-state index in [1.54, 1.807) is 13.8 Å². The lowest BCUT2D eigenvalue weighted by molar-refractivity contribution is -0.139. The number of rotatable bonds is 2. The minimum Gasteiger partial charge on any atom is -0.481 e. The van der Waals surface area contributed by atoms with Crippen molar-refractivity contribution in [2.24, 2.45) is 11.3 Å². The zero-order valence-corrected chi connectivity index (χ0v) is 10.0. The summed E-state index contributed by atoms with van der Waals surface area (Å²) in [5.41, 5.74) is -0.459. The van der Waals surface area contributed by atoms with Crippen molar-refractivity contribution in [1.82, 2.24) is 0 Å². The highest BCUT2D eigenvalue weighted by Gasteiger charge is 2.63. The van der Waals surface area contributed by atoms with E-state index in [-0.39, 0.29) is 5.92 Å². The van der Waals surface area contributed by atoms with Gasteiger partial charge in [0.15, 0.2) is 0 Å². The fourth-order valence-electron chi connectivity index (χ4n) is 2.30. The minimum atomic E-state index is -4.35. The Balaban J connectivity index is 2.26. The maximum Gasteiger partial charge on any atom is 0.425 e. The van der Waals surface area contributed by atoms with Crippen molar-refractivity contribution in [2.45, 2.75) is 25.9 Å². The first-order chi connectivity index (χ1) is 7.65. The molecule has 2 nitrogen and oxygen atoms in total. The Hall–Kier alpha value is -1.04. The summed E-state index contributed by atoms with van der Waals surface area (Å²) in [4.78, 5) is 10.8. The van der Waals surface area contributed by atoms with Crippen LogP contribution >= 0.6 is 11.3 Å². The molecular formula is C11H11F3O2S. The third-order valence-electron chi connectivity index (χ3n) is 3.31. The monoisotopic (exact) mass is 264 g/mol. The van der Waals surface area contributed by atoms with Gasteiger partial charge in [-0.3, -0.25) is 4.79 Å². The molecule has 0 aliphatic heterocycles. The molecule has 0 spiro atoms. The normalized spacial score (nSPS) is 26.9. The summed E-state index contributed by atoms with van der Waals surface area (Å²) in [7, 11) is 0. The average Bonchev–Trinajstić information content (AvgIpc) is 2.59. The zero-order chi connectivity index (χ0) is 13.0. The van der Waals surface area contributed by atoms with Gasteiger partial charge in [-0.15, -0.1) is 11.3 Å². The maximum atomic E-state index is 12.4. The van der Waals surface area contributed by atoms with Crippen LogP contribution in [0.25, 0.3) is 0 Å². The lowest BCUT2D eigenvalue weighted by Crippen LogP contribution is -2.03. The highest BCUT2D eigenvalue weighted by atomic mass is 32.1. The van der Waals surface area contributed by atoms with Gasteiger partial charge < -0.3 is 5.11 Å². The van der Waals surface area contributed by atoms with Gasteiger partial charge in [0, 0.05) is 10.8 Å². The van der Waals surface area contributed by atoms with Crippen molar-refractivity contribution in [3.05, 3.63) is 21.9 Å². The topological polar surface area (TPSA) is 37.3 Å². The number of carboxylic acids is 1. The number of aliphatic carboxylic acids is 1. The molecule has 0 amide bonds. The van der Waals surface area contributed by atoms with Crippen LogP contribution in [0, 0.1) is 11.3 Å². The lowest BCUT2D eigenvalue weighted by Gasteiger charge is -2.01. The Morgan fingerprint density at radius 1 is 1.41 bits per heavy atom. The quantitative estimate of drug-likeness (QED) is 0.886. The number of alkyl halides is 3.